The van der Waals surface area contributed by atoms with Crippen molar-refractivity contribution in [2.24, 2.45) is 0 Å². The van der Waals surface area contributed by atoms with Crippen molar-refractivity contribution in [3.8, 4) is 22.9 Å². The number of hydrogen-bond acceptors (Lipinski definition) is 6. The first-order valence-electron chi connectivity index (χ1n) is 7.37. The Morgan fingerprint density at radius 1 is 1.24 bits per heavy atom. The van der Waals surface area contributed by atoms with Crippen molar-refractivity contribution in [1.29, 1.82) is 0 Å². The van der Waals surface area contributed by atoms with Gasteiger partial charge >= 0.3 is 0 Å². The van der Waals surface area contributed by atoms with Crippen LogP contribution in [0.1, 0.15) is 5.76 Å². The van der Waals surface area contributed by atoms with Crippen molar-refractivity contribution in [2.75, 3.05) is 19.5 Å². The van der Waals surface area contributed by atoms with E-state index < -0.39 is 0 Å². The van der Waals surface area contributed by atoms with E-state index in [1.54, 1.807) is 44.6 Å². The summed E-state index contributed by atoms with van der Waals surface area (Å²) in [6.07, 6.45) is 4.42. The van der Waals surface area contributed by atoms with Crippen LogP contribution in [0.15, 0.2) is 47.1 Å². The number of carbonyl (C=O) groups is 1. The number of carbonyl (C=O) groups excluding carboxylic acids is 1. The van der Waals surface area contributed by atoms with E-state index in [0.717, 1.165) is 5.56 Å². The fourth-order valence-corrected chi connectivity index (χ4v) is 2.13. The van der Waals surface area contributed by atoms with Gasteiger partial charge in [-0.1, -0.05) is 0 Å². The Balaban J connectivity index is 1.71. The maximum absolute atomic E-state index is 11.9. The van der Waals surface area contributed by atoms with Gasteiger partial charge in [-0.2, -0.15) is 4.98 Å². The SMILES string of the molecule is COc1ccc(-c2nc(NC(=O)/C=C/c3ccco3)n[nH]2)cc1OC. The number of H-pyrrole nitrogens is 1. The molecule has 8 heteroatoms. The Labute approximate surface area is 143 Å². The zero-order valence-corrected chi connectivity index (χ0v) is 13.6. The molecule has 0 aliphatic carbocycles. The average molecular weight is 340 g/mol. The molecular weight excluding hydrogens is 324 g/mol. The molecule has 0 radical (unpaired) electrons. The lowest BCUT2D eigenvalue weighted by molar-refractivity contribution is -0.111. The Morgan fingerprint density at radius 2 is 2.08 bits per heavy atom. The summed E-state index contributed by atoms with van der Waals surface area (Å²) >= 11 is 0. The van der Waals surface area contributed by atoms with Gasteiger partial charge in [0.1, 0.15) is 5.76 Å². The number of hydrogen-bond donors (Lipinski definition) is 2. The normalized spacial score (nSPS) is 10.8. The highest BCUT2D eigenvalue weighted by Gasteiger charge is 2.11. The number of rotatable bonds is 6. The highest BCUT2D eigenvalue weighted by molar-refractivity contribution is 6.00. The maximum Gasteiger partial charge on any atom is 0.250 e. The summed E-state index contributed by atoms with van der Waals surface area (Å²) in [4.78, 5) is 16.1. The molecule has 0 saturated carbocycles. The summed E-state index contributed by atoms with van der Waals surface area (Å²) in [7, 11) is 3.12. The van der Waals surface area contributed by atoms with Crippen molar-refractivity contribution < 1.29 is 18.7 Å². The molecule has 0 aliphatic rings. The van der Waals surface area contributed by atoms with Crippen LogP contribution in [-0.4, -0.2) is 35.3 Å². The van der Waals surface area contributed by atoms with Crippen LogP contribution in [0.2, 0.25) is 0 Å². The third kappa shape index (κ3) is 3.86. The van der Waals surface area contributed by atoms with E-state index in [-0.39, 0.29) is 11.9 Å². The molecule has 0 bridgehead atoms. The lowest BCUT2D eigenvalue weighted by Gasteiger charge is -2.07. The molecule has 0 aliphatic heterocycles. The summed E-state index contributed by atoms with van der Waals surface area (Å²) in [6.45, 7) is 0. The van der Waals surface area contributed by atoms with E-state index >= 15 is 0 Å². The second-order valence-corrected chi connectivity index (χ2v) is 4.92. The zero-order chi connectivity index (χ0) is 17.6. The highest BCUT2D eigenvalue weighted by atomic mass is 16.5. The summed E-state index contributed by atoms with van der Waals surface area (Å²) in [5.74, 6) is 2.06. The molecule has 0 spiro atoms. The highest BCUT2D eigenvalue weighted by Crippen LogP contribution is 2.31. The van der Waals surface area contributed by atoms with Crippen molar-refractivity contribution in [2.45, 2.75) is 0 Å². The van der Waals surface area contributed by atoms with Gasteiger partial charge in [0, 0.05) is 11.6 Å². The number of furan rings is 1. The van der Waals surface area contributed by atoms with Crippen LogP contribution >= 0.6 is 0 Å². The molecule has 3 aromatic rings. The lowest BCUT2D eigenvalue weighted by Crippen LogP contribution is -2.09. The number of methoxy groups -OCH3 is 2. The molecule has 0 unspecified atom stereocenters. The minimum Gasteiger partial charge on any atom is -0.493 e. The molecule has 128 valence electrons. The number of anilines is 1. The standard InChI is InChI=1S/C17H16N4O4/c1-23-13-7-5-11(10-14(13)24-2)16-19-17(21-20-16)18-15(22)8-6-12-4-3-9-25-12/h3-10H,1-2H3,(H2,18,19,20,21,22)/b8-6+. The minimum atomic E-state index is -0.366. The number of aromatic amines is 1. The molecule has 3 rings (SSSR count). The van der Waals surface area contributed by atoms with Gasteiger partial charge in [-0.25, -0.2) is 0 Å². The van der Waals surface area contributed by atoms with Gasteiger partial charge in [0.05, 0.1) is 20.5 Å². The van der Waals surface area contributed by atoms with Crippen LogP contribution in [0.25, 0.3) is 17.5 Å². The van der Waals surface area contributed by atoms with Gasteiger partial charge in [0.15, 0.2) is 17.3 Å². The monoisotopic (exact) mass is 340 g/mol. The van der Waals surface area contributed by atoms with E-state index in [9.17, 15) is 4.79 Å². The van der Waals surface area contributed by atoms with Gasteiger partial charge in [-0.05, 0) is 36.4 Å². The van der Waals surface area contributed by atoms with Crippen LogP contribution in [0.4, 0.5) is 5.95 Å². The molecule has 0 fully saturated rings. The molecule has 8 nitrogen and oxygen atoms in total. The molecule has 2 aromatic heterocycles. The summed E-state index contributed by atoms with van der Waals surface area (Å²) in [6, 6.07) is 8.82. The first-order chi connectivity index (χ1) is 12.2. The van der Waals surface area contributed by atoms with Gasteiger partial charge in [0.2, 0.25) is 5.95 Å². The molecule has 0 saturated heterocycles. The van der Waals surface area contributed by atoms with Crippen LogP contribution in [0.5, 0.6) is 11.5 Å². The second-order valence-electron chi connectivity index (χ2n) is 4.92. The third-order valence-electron chi connectivity index (χ3n) is 3.32. The second kappa shape index (κ2) is 7.35. The van der Waals surface area contributed by atoms with Gasteiger partial charge in [0.25, 0.3) is 5.91 Å². The van der Waals surface area contributed by atoms with E-state index in [1.165, 1.54) is 12.3 Å². The van der Waals surface area contributed by atoms with Crippen molar-refractivity contribution in [1.82, 2.24) is 15.2 Å². The predicted molar refractivity (Wildman–Crippen MR) is 91.3 cm³/mol. The topological polar surface area (TPSA) is 102 Å². The number of amides is 1. The van der Waals surface area contributed by atoms with Gasteiger partial charge in [-0.3, -0.25) is 15.2 Å². The van der Waals surface area contributed by atoms with Crippen molar-refractivity contribution in [3.05, 3.63) is 48.4 Å². The summed E-state index contributed by atoms with van der Waals surface area (Å²) < 4.78 is 15.6. The quantitative estimate of drug-likeness (QED) is 0.669. The number of ether oxygens (including phenoxy) is 2. The number of nitrogens with zero attached hydrogens (tertiary/aromatic N) is 2. The molecule has 2 heterocycles. The zero-order valence-electron chi connectivity index (χ0n) is 13.6. The van der Waals surface area contributed by atoms with E-state index in [2.05, 4.69) is 20.5 Å². The average Bonchev–Trinajstić information content (AvgIpc) is 3.31. The van der Waals surface area contributed by atoms with Crippen LogP contribution in [0.3, 0.4) is 0 Å². The molecule has 0 atom stereocenters. The lowest BCUT2D eigenvalue weighted by atomic mass is 10.2. The summed E-state index contributed by atoms with van der Waals surface area (Å²) in [5.41, 5.74) is 0.747. The summed E-state index contributed by atoms with van der Waals surface area (Å²) in [5, 5.41) is 9.32. The number of aromatic nitrogens is 3. The first-order valence-corrected chi connectivity index (χ1v) is 7.37. The fraction of sp³-hybridized carbons (Fsp3) is 0.118. The Morgan fingerprint density at radius 3 is 2.80 bits per heavy atom. The Kier molecular flexibility index (Phi) is 4.79. The largest absolute Gasteiger partial charge is 0.493 e. The smallest absolute Gasteiger partial charge is 0.250 e. The molecular formula is C17H16N4O4. The number of benzene rings is 1. The van der Waals surface area contributed by atoms with Crippen molar-refractivity contribution in [3.63, 3.8) is 0 Å². The van der Waals surface area contributed by atoms with Gasteiger partial charge < -0.3 is 13.9 Å². The molecule has 1 aromatic carbocycles. The molecule has 25 heavy (non-hydrogen) atoms. The molecule has 1 amide bonds. The van der Waals surface area contributed by atoms with Crippen LogP contribution in [-0.2, 0) is 4.79 Å². The minimum absolute atomic E-state index is 0.166. The third-order valence-corrected chi connectivity index (χ3v) is 3.32. The molecule has 2 N–H and O–H groups in total. The van der Waals surface area contributed by atoms with E-state index in [4.69, 9.17) is 13.9 Å². The van der Waals surface area contributed by atoms with Crippen LogP contribution < -0.4 is 14.8 Å². The van der Waals surface area contributed by atoms with E-state index in [0.29, 0.717) is 23.1 Å². The van der Waals surface area contributed by atoms with Gasteiger partial charge in [-0.15, -0.1) is 5.10 Å². The Hall–Kier alpha value is -3.55. The van der Waals surface area contributed by atoms with Crippen LogP contribution in [0, 0.1) is 0 Å². The fourth-order valence-electron chi connectivity index (χ4n) is 2.13. The predicted octanol–water partition coefficient (Wildman–Crippen LogP) is 2.73. The maximum atomic E-state index is 11.9. The van der Waals surface area contributed by atoms with E-state index in [1.807, 2.05) is 6.07 Å². The Bertz CT molecular complexity index is 884. The number of nitrogens with one attached hydrogen (secondary N) is 2. The van der Waals surface area contributed by atoms with Crippen molar-refractivity contribution >= 4 is 17.9 Å². The first kappa shape index (κ1) is 16.3.